The molecule has 0 saturated heterocycles. The molecule has 1 rings (SSSR count). The van der Waals surface area contributed by atoms with Gasteiger partial charge >= 0.3 is 5.97 Å². The zero-order valence-corrected chi connectivity index (χ0v) is 14.8. The highest BCUT2D eigenvalue weighted by molar-refractivity contribution is 6.93. The summed E-state index contributed by atoms with van der Waals surface area (Å²) in [6.07, 6.45) is 7.62. The molecular formula is C18H28O2Si. The molecule has 1 unspecified atom stereocenters. The monoisotopic (exact) mass is 304 g/mol. The maximum atomic E-state index is 12.4. The van der Waals surface area contributed by atoms with E-state index >= 15 is 0 Å². The van der Waals surface area contributed by atoms with Gasteiger partial charge in [0.05, 0.1) is 12.1 Å². The average Bonchev–Trinajstić information content (AvgIpc) is 2.48. The molecular weight excluding hydrogens is 276 g/mol. The fourth-order valence-corrected chi connectivity index (χ4v) is 5.15. The third-order valence-electron chi connectivity index (χ3n) is 3.89. The Kier molecular flexibility index (Phi) is 7.44. The van der Waals surface area contributed by atoms with Crippen molar-refractivity contribution in [2.75, 3.05) is 6.61 Å². The van der Waals surface area contributed by atoms with Gasteiger partial charge in [-0.15, -0.1) is 0 Å². The molecule has 0 heterocycles. The molecule has 0 amide bonds. The number of ether oxygens (including phenoxy) is 1. The van der Waals surface area contributed by atoms with Crippen LogP contribution in [0.1, 0.15) is 33.1 Å². The standard InChI is InChI=1S/C18H28O2Si/c1-5-7-8-12-15-17(18(19)20-6-2)21(3,4)16-13-10-9-11-14-16/h9-15,17H,5-8H2,1-4H3/b15-12-. The highest BCUT2D eigenvalue weighted by Gasteiger charge is 2.37. The lowest BCUT2D eigenvalue weighted by molar-refractivity contribution is -0.142. The number of hydrogen-bond donors (Lipinski definition) is 0. The van der Waals surface area contributed by atoms with Crippen molar-refractivity contribution >= 4 is 19.2 Å². The predicted molar refractivity (Wildman–Crippen MR) is 92.6 cm³/mol. The normalized spacial score (nSPS) is 13.3. The van der Waals surface area contributed by atoms with E-state index in [9.17, 15) is 4.79 Å². The van der Waals surface area contributed by atoms with Crippen LogP contribution in [0.3, 0.4) is 0 Å². The molecule has 0 aromatic heterocycles. The Bertz CT molecular complexity index is 452. The van der Waals surface area contributed by atoms with Gasteiger partial charge in [-0.3, -0.25) is 4.79 Å². The van der Waals surface area contributed by atoms with E-state index in [-0.39, 0.29) is 11.5 Å². The highest BCUT2D eigenvalue weighted by atomic mass is 28.3. The summed E-state index contributed by atoms with van der Waals surface area (Å²) in [5.74, 6) is -0.0780. The molecule has 0 radical (unpaired) electrons. The van der Waals surface area contributed by atoms with Gasteiger partial charge in [-0.2, -0.15) is 0 Å². The molecule has 0 saturated carbocycles. The van der Waals surface area contributed by atoms with Gasteiger partial charge in [0, 0.05) is 0 Å². The van der Waals surface area contributed by atoms with Gasteiger partial charge in [0.2, 0.25) is 0 Å². The Balaban J connectivity index is 2.99. The Morgan fingerprint density at radius 1 is 1.24 bits per heavy atom. The topological polar surface area (TPSA) is 26.3 Å². The summed E-state index contributed by atoms with van der Waals surface area (Å²) in [6.45, 7) is 8.98. The summed E-state index contributed by atoms with van der Waals surface area (Å²) < 4.78 is 5.31. The first-order valence-electron chi connectivity index (χ1n) is 7.92. The first-order chi connectivity index (χ1) is 10.0. The van der Waals surface area contributed by atoms with Crippen molar-refractivity contribution in [1.29, 1.82) is 0 Å². The van der Waals surface area contributed by atoms with Crippen LogP contribution in [-0.2, 0) is 9.53 Å². The minimum Gasteiger partial charge on any atom is -0.466 e. The Morgan fingerprint density at radius 2 is 1.90 bits per heavy atom. The molecule has 0 spiro atoms. The lowest BCUT2D eigenvalue weighted by atomic mass is 10.2. The molecule has 2 nitrogen and oxygen atoms in total. The fourth-order valence-electron chi connectivity index (χ4n) is 2.45. The maximum absolute atomic E-state index is 12.4. The van der Waals surface area contributed by atoms with E-state index in [2.05, 4.69) is 44.3 Å². The number of hydrogen-bond acceptors (Lipinski definition) is 2. The van der Waals surface area contributed by atoms with Crippen LogP contribution in [0.5, 0.6) is 0 Å². The molecule has 0 bridgehead atoms. The van der Waals surface area contributed by atoms with Crippen LogP contribution >= 0.6 is 0 Å². The SMILES string of the molecule is CCCC/C=C\C(C(=O)OCC)[Si](C)(C)c1ccccc1. The first-order valence-corrected chi connectivity index (χ1v) is 11.0. The smallest absolute Gasteiger partial charge is 0.310 e. The summed E-state index contributed by atoms with van der Waals surface area (Å²) in [5.41, 5.74) is -0.114. The Hall–Kier alpha value is -1.35. The van der Waals surface area contributed by atoms with Gasteiger partial charge in [0.25, 0.3) is 0 Å². The summed E-state index contributed by atoms with van der Waals surface area (Å²) in [7, 11) is -1.93. The van der Waals surface area contributed by atoms with Crippen LogP contribution in [0, 0.1) is 0 Å². The Morgan fingerprint density at radius 3 is 2.48 bits per heavy atom. The Labute approximate surface area is 130 Å². The molecule has 21 heavy (non-hydrogen) atoms. The van der Waals surface area contributed by atoms with E-state index in [0.717, 1.165) is 6.42 Å². The number of carbonyl (C=O) groups excluding carboxylic acids is 1. The van der Waals surface area contributed by atoms with Crippen LogP contribution in [-0.4, -0.2) is 20.7 Å². The quantitative estimate of drug-likeness (QED) is 0.310. The van der Waals surface area contributed by atoms with E-state index in [1.54, 1.807) is 0 Å². The van der Waals surface area contributed by atoms with Gasteiger partial charge in [0.1, 0.15) is 8.07 Å². The van der Waals surface area contributed by atoms with Crippen molar-refractivity contribution in [1.82, 2.24) is 0 Å². The lowest BCUT2D eigenvalue weighted by Gasteiger charge is -2.29. The van der Waals surface area contributed by atoms with Crippen molar-refractivity contribution in [2.24, 2.45) is 0 Å². The largest absolute Gasteiger partial charge is 0.466 e. The minimum atomic E-state index is -1.93. The van der Waals surface area contributed by atoms with Crippen molar-refractivity contribution in [3.8, 4) is 0 Å². The molecule has 1 atom stereocenters. The molecule has 0 fully saturated rings. The number of benzene rings is 1. The lowest BCUT2D eigenvalue weighted by Crippen LogP contribution is -2.48. The summed E-state index contributed by atoms with van der Waals surface area (Å²) in [5, 5.41) is 1.29. The highest BCUT2D eigenvalue weighted by Crippen LogP contribution is 2.25. The van der Waals surface area contributed by atoms with Crippen molar-refractivity contribution in [3.63, 3.8) is 0 Å². The zero-order chi connectivity index (χ0) is 15.7. The third kappa shape index (κ3) is 5.16. The van der Waals surface area contributed by atoms with Crippen LogP contribution < -0.4 is 5.19 Å². The van der Waals surface area contributed by atoms with Gasteiger partial charge < -0.3 is 4.74 Å². The zero-order valence-electron chi connectivity index (χ0n) is 13.8. The minimum absolute atomic E-state index is 0.0780. The summed E-state index contributed by atoms with van der Waals surface area (Å²) in [4.78, 5) is 12.4. The second kappa shape index (κ2) is 8.83. The van der Waals surface area contributed by atoms with Crippen molar-refractivity contribution < 1.29 is 9.53 Å². The van der Waals surface area contributed by atoms with E-state index in [0.29, 0.717) is 6.61 Å². The third-order valence-corrected chi connectivity index (χ3v) is 7.69. The van der Waals surface area contributed by atoms with Gasteiger partial charge in [-0.05, 0) is 13.3 Å². The van der Waals surface area contributed by atoms with Gasteiger partial charge in [0.15, 0.2) is 0 Å². The molecule has 1 aromatic rings. The predicted octanol–water partition coefficient (Wildman–Crippen LogP) is 4.28. The number of esters is 1. The molecule has 0 aliphatic rings. The molecule has 0 aliphatic carbocycles. The van der Waals surface area contributed by atoms with Crippen LogP contribution in [0.2, 0.25) is 18.6 Å². The second-order valence-electron chi connectivity index (χ2n) is 5.89. The second-order valence-corrected chi connectivity index (χ2v) is 10.5. The van der Waals surface area contributed by atoms with E-state index in [1.165, 1.54) is 18.0 Å². The van der Waals surface area contributed by atoms with E-state index < -0.39 is 8.07 Å². The first kappa shape index (κ1) is 17.7. The van der Waals surface area contributed by atoms with Gasteiger partial charge in [-0.1, -0.05) is 80.5 Å². The fraction of sp³-hybridized carbons (Fsp3) is 0.500. The van der Waals surface area contributed by atoms with Gasteiger partial charge in [-0.25, -0.2) is 0 Å². The molecule has 0 aliphatic heterocycles. The van der Waals surface area contributed by atoms with Crippen molar-refractivity contribution in [3.05, 3.63) is 42.5 Å². The van der Waals surface area contributed by atoms with E-state index in [1.807, 2.05) is 25.1 Å². The van der Waals surface area contributed by atoms with Crippen LogP contribution in [0.4, 0.5) is 0 Å². The summed E-state index contributed by atoms with van der Waals surface area (Å²) in [6, 6.07) is 10.4. The van der Waals surface area contributed by atoms with Crippen LogP contribution in [0.25, 0.3) is 0 Å². The molecule has 1 aromatic carbocycles. The number of unbranched alkanes of at least 4 members (excludes halogenated alkanes) is 2. The molecule has 116 valence electrons. The maximum Gasteiger partial charge on any atom is 0.310 e. The molecule has 3 heteroatoms. The number of carbonyl (C=O) groups is 1. The van der Waals surface area contributed by atoms with Crippen molar-refractivity contribution in [2.45, 2.75) is 51.7 Å². The number of allylic oxidation sites excluding steroid dienone is 1. The average molecular weight is 305 g/mol. The van der Waals surface area contributed by atoms with Crippen LogP contribution in [0.15, 0.2) is 42.5 Å². The number of rotatable bonds is 8. The molecule has 0 N–H and O–H groups in total. The van der Waals surface area contributed by atoms with E-state index in [4.69, 9.17) is 4.74 Å². The summed E-state index contributed by atoms with van der Waals surface area (Å²) >= 11 is 0.